The summed E-state index contributed by atoms with van der Waals surface area (Å²) in [5.74, 6) is -0.343. The molecular formula is C32H36N2O6. The number of carbonyl (C=O) groups excluding carboxylic acids is 2. The molecule has 0 radical (unpaired) electrons. The van der Waals surface area contributed by atoms with E-state index in [0.29, 0.717) is 47.3 Å². The maximum absolute atomic E-state index is 13.6. The van der Waals surface area contributed by atoms with Gasteiger partial charge in [0.15, 0.2) is 0 Å². The highest BCUT2D eigenvalue weighted by atomic mass is 16.5. The molecule has 0 saturated carbocycles. The number of carbonyl (C=O) groups is 2. The van der Waals surface area contributed by atoms with Crippen LogP contribution in [0.25, 0.3) is 5.76 Å². The third-order valence-corrected chi connectivity index (χ3v) is 6.93. The molecule has 1 amide bonds. The Morgan fingerprint density at radius 3 is 2.20 bits per heavy atom. The molecule has 1 saturated heterocycles. The lowest BCUT2D eigenvalue weighted by molar-refractivity contribution is -0.132. The number of ether oxygens (including phenoxy) is 3. The zero-order valence-electron chi connectivity index (χ0n) is 23.6. The van der Waals surface area contributed by atoms with Crippen molar-refractivity contribution in [2.24, 2.45) is 0 Å². The number of hydrogen-bond donors (Lipinski definition) is 1. The van der Waals surface area contributed by atoms with E-state index in [4.69, 9.17) is 14.2 Å². The van der Waals surface area contributed by atoms with Crippen molar-refractivity contribution in [1.29, 1.82) is 0 Å². The summed E-state index contributed by atoms with van der Waals surface area (Å²) in [5, 5.41) is 11.7. The minimum absolute atomic E-state index is 0.0313. The fourth-order valence-corrected chi connectivity index (χ4v) is 5.01. The number of anilines is 2. The highest BCUT2D eigenvalue weighted by molar-refractivity contribution is 6.51. The maximum atomic E-state index is 13.6. The van der Waals surface area contributed by atoms with Gasteiger partial charge in [-0.05, 0) is 81.8 Å². The number of aliphatic hydroxyl groups excluding tert-OH is 1. The van der Waals surface area contributed by atoms with Gasteiger partial charge in [-0.3, -0.25) is 14.5 Å². The minimum Gasteiger partial charge on any atom is -0.507 e. The Bertz CT molecular complexity index is 1390. The van der Waals surface area contributed by atoms with E-state index in [1.807, 2.05) is 44.2 Å². The van der Waals surface area contributed by atoms with E-state index < -0.39 is 17.7 Å². The van der Waals surface area contributed by atoms with Crippen LogP contribution in [0.3, 0.4) is 0 Å². The molecule has 40 heavy (non-hydrogen) atoms. The smallest absolute Gasteiger partial charge is 0.300 e. The summed E-state index contributed by atoms with van der Waals surface area (Å²) in [6.07, 6.45) is 0. The summed E-state index contributed by atoms with van der Waals surface area (Å²) in [4.78, 5) is 30.9. The first-order valence-electron chi connectivity index (χ1n) is 13.6. The summed E-state index contributed by atoms with van der Waals surface area (Å²) >= 11 is 0. The molecule has 1 unspecified atom stereocenters. The molecule has 1 heterocycles. The van der Waals surface area contributed by atoms with Gasteiger partial charge in [-0.15, -0.1) is 0 Å². The van der Waals surface area contributed by atoms with Gasteiger partial charge < -0.3 is 24.2 Å². The SMILES string of the molecule is CCOc1ccc(/C(O)=C2/C(=O)C(=O)N(c3ccc(N(CC)CC)cc3)C2c2cccc(OC)c2)c(OCC)c1. The van der Waals surface area contributed by atoms with E-state index >= 15 is 0 Å². The van der Waals surface area contributed by atoms with Crippen molar-refractivity contribution in [2.75, 3.05) is 43.2 Å². The summed E-state index contributed by atoms with van der Waals surface area (Å²) in [5.41, 5.74) is 2.45. The monoisotopic (exact) mass is 544 g/mol. The van der Waals surface area contributed by atoms with Gasteiger partial charge in [0, 0.05) is 30.5 Å². The van der Waals surface area contributed by atoms with Gasteiger partial charge in [-0.2, -0.15) is 0 Å². The zero-order chi connectivity index (χ0) is 28.8. The van der Waals surface area contributed by atoms with Crippen LogP contribution >= 0.6 is 0 Å². The van der Waals surface area contributed by atoms with E-state index in [9.17, 15) is 14.7 Å². The van der Waals surface area contributed by atoms with Crippen molar-refractivity contribution >= 4 is 28.8 Å². The first kappa shape index (κ1) is 28.5. The van der Waals surface area contributed by atoms with Crippen molar-refractivity contribution < 1.29 is 28.9 Å². The molecule has 4 rings (SSSR count). The molecule has 1 aliphatic rings. The van der Waals surface area contributed by atoms with E-state index in [1.54, 1.807) is 43.5 Å². The van der Waals surface area contributed by atoms with E-state index in [-0.39, 0.29) is 11.3 Å². The third-order valence-electron chi connectivity index (χ3n) is 6.93. The van der Waals surface area contributed by atoms with Gasteiger partial charge in [0.05, 0.1) is 37.5 Å². The second-order valence-electron chi connectivity index (χ2n) is 9.16. The number of benzene rings is 3. The molecule has 0 aliphatic carbocycles. The average Bonchev–Trinajstić information content (AvgIpc) is 3.24. The Morgan fingerprint density at radius 2 is 1.57 bits per heavy atom. The van der Waals surface area contributed by atoms with Gasteiger partial charge in [0.1, 0.15) is 23.0 Å². The van der Waals surface area contributed by atoms with Crippen LogP contribution in [-0.4, -0.2) is 50.2 Å². The van der Waals surface area contributed by atoms with Crippen molar-refractivity contribution in [3.05, 3.63) is 83.4 Å². The second kappa shape index (κ2) is 12.6. The summed E-state index contributed by atoms with van der Waals surface area (Å²) in [7, 11) is 1.55. The number of hydrogen-bond acceptors (Lipinski definition) is 7. The number of amides is 1. The number of Topliss-reactive ketones (excluding diaryl/α,β-unsaturated/α-hetero) is 1. The summed E-state index contributed by atoms with van der Waals surface area (Å²) < 4.78 is 16.8. The maximum Gasteiger partial charge on any atom is 0.300 e. The van der Waals surface area contributed by atoms with Crippen molar-refractivity contribution in [1.82, 2.24) is 0 Å². The van der Waals surface area contributed by atoms with Crippen LogP contribution in [-0.2, 0) is 9.59 Å². The van der Waals surface area contributed by atoms with E-state index in [1.165, 1.54) is 4.90 Å². The van der Waals surface area contributed by atoms with Gasteiger partial charge in [0.25, 0.3) is 11.7 Å². The number of methoxy groups -OCH3 is 1. The molecule has 210 valence electrons. The number of ketones is 1. The van der Waals surface area contributed by atoms with Crippen LogP contribution in [0.15, 0.2) is 72.3 Å². The highest BCUT2D eigenvalue weighted by Crippen LogP contribution is 2.44. The molecule has 0 aromatic heterocycles. The Labute approximate surface area is 235 Å². The summed E-state index contributed by atoms with van der Waals surface area (Å²) in [6.45, 7) is 10.3. The molecule has 3 aromatic rings. The molecule has 3 aromatic carbocycles. The predicted molar refractivity (Wildman–Crippen MR) is 157 cm³/mol. The Morgan fingerprint density at radius 1 is 0.875 bits per heavy atom. The first-order valence-corrected chi connectivity index (χ1v) is 13.6. The van der Waals surface area contributed by atoms with Crippen molar-refractivity contribution in [3.8, 4) is 17.2 Å². The molecule has 1 fully saturated rings. The Hall–Kier alpha value is -4.46. The number of rotatable bonds is 11. The van der Waals surface area contributed by atoms with E-state index in [0.717, 1.165) is 18.8 Å². The standard InChI is InChI=1S/C32H36N2O6/c1-6-33(7-2)22-13-15-23(16-14-22)34-29(21-11-10-12-24(19-21)38-5)28(31(36)32(34)37)30(35)26-18-17-25(39-8-3)20-27(26)40-9-4/h10-20,29,35H,6-9H2,1-5H3/b30-28-. The molecule has 8 nitrogen and oxygen atoms in total. The second-order valence-corrected chi connectivity index (χ2v) is 9.16. The van der Waals surface area contributed by atoms with Gasteiger partial charge in [-0.25, -0.2) is 0 Å². The lowest BCUT2D eigenvalue weighted by Crippen LogP contribution is -2.29. The van der Waals surface area contributed by atoms with Gasteiger partial charge >= 0.3 is 0 Å². The van der Waals surface area contributed by atoms with Crippen LogP contribution in [0.4, 0.5) is 11.4 Å². The lowest BCUT2D eigenvalue weighted by Gasteiger charge is -2.27. The molecule has 0 spiro atoms. The van der Waals surface area contributed by atoms with Crippen LogP contribution in [0.2, 0.25) is 0 Å². The highest BCUT2D eigenvalue weighted by Gasteiger charge is 2.47. The van der Waals surface area contributed by atoms with E-state index in [2.05, 4.69) is 18.7 Å². The molecule has 1 atom stereocenters. The number of nitrogens with zero attached hydrogens (tertiary/aromatic N) is 2. The normalized spacial score (nSPS) is 16.2. The molecule has 1 N–H and O–H groups in total. The van der Waals surface area contributed by atoms with Crippen molar-refractivity contribution in [3.63, 3.8) is 0 Å². The van der Waals surface area contributed by atoms with Gasteiger partial charge in [-0.1, -0.05) is 12.1 Å². The van der Waals surface area contributed by atoms with Crippen LogP contribution in [0.1, 0.15) is 44.9 Å². The summed E-state index contributed by atoms with van der Waals surface area (Å²) in [6, 6.07) is 18.8. The molecule has 8 heteroatoms. The molecule has 0 bridgehead atoms. The Balaban J connectivity index is 1.91. The fraction of sp³-hybridized carbons (Fsp3) is 0.312. The fourth-order valence-electron chi connectivity index (χ4n) is 5.01. The molecular weight excluding hydrogens is 508 g/mol. The van der Waals surface area contributed by atoms with Gasteiger partial charge in [0.2, 0.25) is 0 Å². The first-order chi connectivity index (χ1) is 19.4. The topological polar surface area (TPSA) is 88.5 Å². The zero-order valence-corrected chi connectivity index (χ0v) is 23.6. The average molecular weight is 545 g/mol. The Kier molecular flexibility index (Phi) is 8.99. The lowest BCUT2D eigenvalue weighted by atomic mass is 9.94. The predicted octanol–water partition coefficient (Wildman–Crippen LogP) is 5.97. The quantitative estimate of drug-likeness (QED) is 0.181. The van der Waals surface area contributed by atoms with Crippen LogP contribution in [0.5, 0.6) is 17.2 Å². The number of aliphatic hydroxyl groups is 1. The van der Waals surface area contributed by atoms with Crippen molar-refractivity contribution in [2.45, 2.75) is 33.7 Å². The minimum atomic E-state index is -0.893. The molecule has 1 aliphatic heterocycles. The largest absolute Gasteiger partial charge is 0.507 e. The van der Waals surface area contributed by atoms with Crippen LogP contribution in [0, 0.1) is 0 Å². The van der Waals surface area contributed by atoms with Crippen LogP contribution < -0.4 is 24.0 Å². The third kappa shape index (κ3) is 5.47.